The number of aromatic nitrogens is 1. The van der Waals surface area contributed by atoms with Crippen molar-refractivity contribution in [3.05, 3.63) is 40.7 Å². The molecule has 1 fully saturated rings. The molecular weight excluding hydrogens is 240 g/mol. The highest BCUT2D eigenvalue weighted by molar-refractivity contribution is 7.09. The van der Waals surface area contributed by atoms with E-state index in [1.54, 1.807) is 11.3 Å². The van der Waals surface area contributed by atoms with Crippen molar-refractivity contribution in [3.8, 4) is 11.3 Å². The van der Waals surface area contributed by atoms with Crippen LogP contribution in [0.4, 0.5) is 0 Å². The molecular formula is C15H18N2S. The zero-order valence-electron chi connectivity index (χ0n) is 10.5. The fourth-order valence-electron chi connectivity index (χ4n) is 2.43. The third-order valence-corrected chi connectivity index (χ3v) is 4.26. The van der Waals surface area contributed by atoms with Crippen LogP contribution < -0.4 is 0 Å². The molecule has 3 rings (SSSR count). The topological polar surface area (TPSA) is 16.1 Å². The van der Waals surface area contributed by atoms with Gasteiger partial charge < -0.3 is 0 Å². The van der Waals surface area contributed by atoms with Crippen molar-refractivity contribution in [2.75, 3.05) is 13.1 Å². The molecule has 1 aromatic heterocycles. The Kier molecular flexibility index (Phi) is 3.72. The quantitative estimate of drug-likeness (QED) is 0.832. The lowest BCUT2D eigenvalue weighted by atomic mass is 10.1. The summed E-state index contributed by atoms with van der Waals surface area (Å²) >= 11 is 1.79. The van der Waals surface area contributed by atoms with E-state index in [2.05, 4.69) is 34.5 Å². The average molecular weight is 258 g/mol. The molecule has 2 nitrogen and oxygen atoms in total. The number of hydrogen-bond acceptors (Lipinski definition) is 3. The van der Waals surface area contributed by atoms with Crippen molar-refractivity contribution in [1.29, 1.82) is 0 Å². The van der Waals surface area contributed by atoms with E-state index >= 15 is 0 Å². The number of likely N-dealkylation sites (tertiary alicyclic amines) is 1. The van der Waals surface area contributed by atoms with Crippen molar-refractivity contribution in [2.24, 2.45) is 0 Å². The molecule has 0 saturated carbocycles. The second-order valence-corrected chi connectivity index (χ2v) is 5.77. The second kappa shape index (κ2) is 5.63. The molecule has 3 heteroatoms. The first-order valence-corrected chi connectivity index (χ1v) is 7.52. The second-order valence-electron chi connectivity index (χ2n) is 4.83. The molecule has 0 amide bonds. The summed E-state index contributed by atoms with van der Waals surface area (Å²) in [6.45, 7) is 3.50. The predicted molar refractivity (Wildman–Crippen MR) is 76.7 cm³/mol. The maximum atomic E-state index is 4.75. The van der Waals surface area contributed by atoms with Crippen LogP contribution in [0.5, 0.6) is 0 Å². The Bertz CT molecular complexity index is 486. The molecule has 0 aliphatic carbocycles. The number of rotatable bonds is 3. The van der Waals surface area contributed by atoms with Crippen LogP contribution in [0.1, 0.15) is 24.3 Å². The van der Waals surface area contributed by atoms with Crippen molar-refractivity contribution >= 4 is 11.3 Å². The van der Waals surface area contributed by atoms with Gasteiger partial charge in [0.05, 0.1) is 12.2 Å². The standard InChI is InChI=1S/C15H18N2S/c1-3-7-13(8-4-1)14-12-18-15(16-14)11-17-9-5-2-6-10-17/h1,3-4,7-8,12H,2,5-6,9-11H2. The lowest BCUT2D eigenvalue weighted by Crippen LogP contribution is -2.28. The first kappa shape index (κ1) is 11.9. The van der Waals surface area contributed by atoms with Gasteiger partial charge in [0.2, 0.25) is 0 Å². The van der Waals surface area contributed by atoms with Gasteiger partial charge in [0.15, 0.2) is 0 Å². The van der Waals surface area contributed by atoms with Crippen LogP contribution in [0.25, 0.3) is 11.3 Å². The Hall–Kier alpha value is -1.19. The number of piperidine rings is 1. The fraction of sp³-hybridized carbons (Fsp3) is 0.400. The summed E-state index contributed by atoms with van der Waals surface area (Å²) in [5, 5.41) is 3.42. The van der Waals surface area contributed by atoms with Crippen LogP contribution in [0.2, 0.25) is 0 Å². The van der Waals surface area contributed by atoms with Crippen molar-refractivity contribution in [1.82, 2.24) is 9.88 Å². The van der Waals surface area contributed by atoms with Crippen molar-refractivity contribution in [2.45, 2.75) is 25.8 Å². The largest absolute Gasteiger partial charge is 0.297 e. The van der Waals surface area contributed by atoms with Crippen LogP contribution in [0, 0.1) is 0 Å². The first-order chi connectivity index (χ1) is 8.92. The Labute approximate surface area is 112 Å². The van der Waals surface area contributed by atoms with E-state index in [4.69, 9.17) is 4.98 Å². The van der Waals surface area contributed by atoms with Gasteiger partial charge in [0.25, 0.3) is 0 Å². The Balaban J connectivity index is 1.69. The van der Waals surface area contributed by atoms with Gasteiger partial charge in [-0.2, -0.15) is 0 Å². The van der Waals surface area contributed by atoms with E-state index in [-0.39, 0.29) is 0 Å². The molecule has 0 unspecified atom stereocenters. The van der Waals surface area contributed by atoms with E-state index in [0.29, 0.717) is 0 Å². The monoisotopic (exact) mass is 258 g/mol. The van der Waals surface area contributed by atoms with Crippen LogP contribution in [-0.2, 0) is 6.54 Å². The normalized spacial score (nSPS) is 16.9. The number of nitrogens with zero attached hydrogens (tertiary/aromatic N) is 2. The van der Waals surface area contributed by atoms with Gasteiger partial charge in [0.1, 0.15) is 5.01 Å². The highest BCUT2D eigenvalue weighted by Crippen LogP contribution is 2.23. The molecule has 1 aliphatic heterocycles. The summed E-state index contributed by atoms with van der Waals surface area (Å²) in [6.07, 6.45) is 4.08. The highest BCUT2D eigenvalue weighted by atomic mass is 32.1. The molecule has 2 heterocycles. The molecule has 1 saturated heterocycles. The van der Waals surface area contributed by atoms with Crippen LogP contribution >= 0.6 is 11.3 Å². The number of benzene rings is 1. The molecule has 0 spiro atoms. The maximum absolute atomic E-state index is 4.75. The SMILES string of the molecule is c1ccc(-c2csc(CN3CCCCC3)n2)cc1. The minimum Gasteiger partial charge on any atom is -0.297 e. The zero-order chi connectivity index (χ0) is 12.2. The van der Waals surface area contributed by atoms with Gasteiger partial charge in [-0.15, -0.1) is 11.3 Å². The summed E-state index contributed by atoms with van der Waals surface area (Å²) in [5.41, 5.74) is 2.34. The van der Waals surface area contributed by atoms with Crippen LogP contribution in [0.3, 0.4) is 0 Å². The van der Waals surface area contributed by atoms with Gasteiger partial charge in [-0.1, -0.05) is 36.8 Å². The average Bonchev–Trinajstić information content (AvgIpc) is 2.89. The maximum Gasteiger partial charge on any atom is 0.107 e. The van der Waals surface area contributed by atoms with Crippen molar-refractivity contribution in [3.63, 3.8) is 0 Å². The van der Waals surface area contributed by atoms with Gasteiger partial charge in [-0.3, -0.25) is 4.90 Å². The third kappa shape index (κ3) is 2.79. The Morgan fingerprint density at radius 2 is 1.83 bits per heavy atom. The summed E-state index contributed by atoms with van der Waals surface area (Å²) < 4.78 is 0. The van der Waals surface area contributed by atoms with Crippen LogP contribution in [-0.4, -0.2) is 23.0 Å². The molecule has 1 aromatic carbocycles. The van der Waals surface area contributed by atoms with E-state index in [1.807, 2.05) is 6.07 Å². The lowest BCUT2D eigenvalue weighted by Gasteiger charge is -2.25. The molecule has 0 atom stereocenters. The van der Waals surface area contributed by atoms with E-state index < -0.39 is 0 Å². The summed E-state index contributed by atoms with van der Waals surface area (Å²) in [4.78, 5) is 7.28. The summed E-state index contributed by atoms with van der Waals surface area (Å²) in [5.74, 6) is 0. The Morgan fingerprint density at radius 3 is 2.61 bits per heavy atom. The zero-order valence-corrected chi connectivity index (χ0v) is 11.3. The lowest BCUT2D eigenvalue weighted by molar-refractivity contribution is 0.220. The van der Waals surface area contributed by atoms with Gasteiger partial charge >= 0.3 is 0 Å². The minimum absolute atomic E-state index is 1.03. The van der Waals surface area contributed by atoms with Crippen LogP contribution in [0.15, 0.2) is 35.7 Å². The highest BCUT2D eigenvalue weighted by Gasteiger charge is 2.12. The molecule has 1 aliphatic rings. The number of thiazole rings is 1. The molecule has 0 bridgehead atoms. The first-order valence-electron chi connectivity index (χ1n) is 6.64. The molecule has 0 radical (unpaired) electrons. The predicted octanol–water partition coefficient (Wildman–Crippen LogP) is 3.80. The van der Waals surface area contributed by atoms with E-state index in [0.717, 1.165) is 12.2 Å². The minimum atomic E-state index is 1.03. The number of hydrogen-bond donors (Lipinski definition) is 0. The summed E-state index contributed by atoms with van der Waals surface area (Å²) in [7, 11) is 0. The van der Waals surface area contributed by atoms with Gasteiger partial charge in [-0.25, -0.2) is 4.98 Å². The molecule has 18 heavy (non-hydrogen) atoms. The Morgan fingerprint density at radius 1 is 1.06 bits per heavy atom. The van der Waals surface area contributed by atoms with Gasteiger partial charge in [-0.05, 0) is 25.9 Å². The molecule has 0 N–H and O–H groups in total. The van der Waals surface area contributed by atoms with E-state index in [1.165, 1.54) is 42.9 Å². The van der Waals surface area contributed by atoms with Crippen molar-refractivity contribution < 1.29 is 0 Å². The third-order valence-electron chi connectivity index (χ3n) is 3.43. The summed E-state index contributed by atoms with van der Waals surface area (Å²) in [6, 6.07) is 10.4. The smallest absolute Gasteiger partial charge is 0.107 e. The van der Waals surface area contributed by atoms with E-state index in [9.17, 15) is 0 Å². The fourth-order valence-corrected chi connectivity index (χ4v) is 3.28. The molecule has 2 aromatic rings. The van der Waals surface area contributed by atoms with Gasteiger partial charge in [0, 0.05) is 10.9 Å². The molecule has 94 valence electrons.